The number of halogens is 3. The quantitative estimate of drug-likeness (QED) is 0.719. The van der Waals surface area contributed by atoms with Crippen LogP contribution in [-0.2, 0) is 6.18 Å². The molecule has 2 aromatic heterocycles. The molecule has 0 aliphatic rings. The van der Waals surface area contributed by atoms with Crippen molar-refractivity contribution in [3.05, 3.63) is 65.5 Å². The summed E-state index contributed by atoms with van der Waals surface area (Å²) in [6, 6.07) is 8.86. The van der Waals surface area contributed by atoms with Gasteiger partial charge in [-0.25, -0.2) is 4.98 Å². The Hall–Kier alpha value is -3.36. The molecular weight excluding hydrogens is 349 g/mol. The number of benzene rings is 1. The van der Waals surface area contributed by atoms with E-state index in [9.17, 15) is 18.0 Å². The van der Waals surface area contributed by atoms with Gasteiger partial charge in [-0.1, -0.05) is 5.16 Å². The maximum atomic E-state index is 12.5. The van der Waals surface area contributed by atoms with Crippen LogP contribution in [0.1, 0.15) is 21.7 Å². The number of aromatic nitrogens is 2. The summed E-state index contributed by atoms with van der Waals surface area (Å²) < 4.78 is 42.5. The van der Waals surface area contributed by atoms with E-state index in [2.05, 4.69) is 20.8 Å². The molecule has 0 bridgehead atoms. The average Bonchev–Trinajstić information content (AvgIpc) is 3.01. The molecule has 2 heterocycles. The molecule has 0 radical (unpaired) electrons. The highest BCUT2D eigenvalue weighted by atomic mass is 19.4. The number of nitrogens with one attached hydrogen (secondary N) is 2. The molecule has 1 aromatic carbocycles. The lowest BCUT2D eigenvalue weighted by Crippen LogP contribution is -2.13. The van der Waals surface area contributed by atoms with Crippen LogP contribution in [0.5, 0.6) is 0 Å². The molecule has 0 aliphatic heterocycles. The fourth-order valence-electron chi connectivity index (χ4n) is 2.11. The molecule has 3 rings (SSSR count). The fraction of sp³-hybridized carbons (Fsp3) is 0.118. The molecule has 1 amide bonds. The summed E-state index contributed by atoms with van der Waals surface area (Å²) in [7, 11) is 0. The first-order valence-corrected chi connectivity index (χ1v) is 7.46. The van der Waals surface area contributed by atoms with Crippen LogP contribution in [0.2, 0.25) is 0 Å². The monoisotopic (exact) mass is 362 g/mol. The van der Waals surface area contributed by atoms with E-state index < -0.39 is 17.6 Å². The van der Waals surface area contributed by atoms with Crippen molar-refractivity contribution in [3.8, 4) is 0 Å². The number of alkyl halides is 3. The minimum atomic E-state index is -4.44. The number of aryl methyl sites for hydroxylation is 1. The van der Waals surface area contributed by atoms with E-state index in [-0.39, 0.29) is 11.4 Å². The highest BCUT2D eigenvalue weighted by Crippen LogP contribution is 2.29. The Labute approximate surface area is 146 Å². The van der Waals surface area contributed by atoms with Gasteiger partial charge in [-0.05, 0) is 43.3 Å². The Morgan fingerprint density at radius 2 is 1.81 bits per heavy atom. The van der Waals surface area contributed by atoms with Crippen LogP contribution in [0.3, 0.4) is 0 Å². The van der Waals surface area contributed by atoms with Crippen molar-refractivity contribution in [3.63, 3.8) is 0 Å². The molecule has 0 fully saturated rings. The second kappa shape index (κ2) is 6.87. The molecule has 9 heteroatoms. The van der Waals surface area contributed by atoms with E-state index in [1.807, 2.05) is 0 Å². The minimum Gasteiger partial charge on any atom is -0.360 e. The summed E-state index contributed by atoms with van der Waals surface area (Å²) in [6.07, 6.45) is -2.96. The van der Waals surface area contributed by atoms with Gasteiger partial charge in [0.1, 0.15) is 11.6 Å². The lowest BCUT2D eigenvalue weighted by Gasteiger charge is -2.08. The Kier molecular flexibility index (Phi) is 4.61. The number of pyridine rings is 1. The average molecular weight is 362 g/mol. The van der Waals surface area contributed by atoms with E-state index in [0.717, 1.165) is 24.3 Å². The van der Waals surface area contributed by atoms with E-state index in [4.69, 9.17) is 4.52 Å². The summed E-state index contributed by atoms with van der Waals surface area (Å²) in [5.74, 6) is 0.877. The molecule has 0 unspecified atom stereocenters. The maximum Gasteiger partial charge on any atom is 0.416 e. The van der Waals surface area contributed by atoms with Gasteiger partial charge < -0.3 is 15.2 Å². The number of hydrogen-bond donors (Lipinski definition) is 2. The van der Waals surface area contributed by atoms with Crippen molar-refractivity contribution in [1.82, 2.24) is 10.1 Å². The predicted molar refractivity (Wildman–Crippen MR) is 88.2 cm³/mol. The number of rotatable bonds is 4. The topological polar surface area (TPSA) is 80.0 Å². The molecule has 2 N–H and O–H groups in total. The molecule has 6 nitrogen and oxygen atoms in total. The lowest BCUT2D eigenvalue weighted by molar-refractivity contribution is -0.137. The molecule has 0 saturated carbocycles. The summed E-state index contributed by atoms with van der Waals surface area (Å²) in [5.41, 5.74) is -0.0865. The summed E-state index contributed by atoms with van der Waals surface area (Å²) >= 11 is 0. The molecule has 0 saturated heterocycles. The van der Waals surface area contributed by atoms with Crippen LogP contribution in [-0.4, -0.2) is 16.0 Å². The number of carbonyl (C=O) groups excluding carboxylic acids is 1. The van der Waals surface area contributed by atoms with Crippen molar-refractivity contribution in [2.45, 2.75) is 13.1 Å². The van der Waals surface area contributed by atoms with Crippen LogP contribution in [0.15, 0.2) is 53.2 Å². The first-order chi connectivity index (χ1) is 12.3. The van der Waals surface area contributed by atoms with Crippen LogP contribution >= 0.6 is 0 Å². The summed E-state index contributed by atoms with van der Waals surface area (Å²) in [6.45, 7) is 1.76. The number of anilines is 3. The predicted octanol–water partition coefficient (Wildman–Crippen LogP) is 4.39. The Balaban J connectivity index is 1.64. The van der Waals surface area contributed by atoms with E-state index in [1.165, 1.54) is 6.20 Å². The normalized spacial score (nSPS) is 11.2. The standard InChI is InChI=1S/C17H13F3N4O2/c1-10-8-15(24-26-10)22-13-6-7-14(21-9-13)23-16(25)11-2-4-12(5-3-11)17(18,19)20/h2-9H,1H3,(H,22,24)(H,21,23,25). The molecule has 0 aliphatic carbocycles. The van der Waals surface area contributed by atoms with Gasteiger partial charge in [0.05, 0.1) is 17.4 Å². The largest absolute Gasteiger partial charge is 0.416 e. The first-order valence-electron chi connectivity index (χ1n) is 7.46. The smallest absolute Gasteiger partial charge is 0.360 e. The van der Waals surface area contributed by atoms with Crippen LogP contribution < -0.4 is 10.6 Å². The number of nitrogens with zero attached hydrogens (tertiary/aromatic N) is 2. The van der Waals surface area contributed by atoms with Gasteiger partial charge in [0.2, 0.25) is 0 Å². The first kappa shape index (κ1) is 17.5. The SMILES string of the molecule is Cc1cc(Nc2ccc(NC(=O)c3ccc(C(F)(F)F)cc3)nc2)no1. The second-order valence-electron chi connectivity index (χ2n) is 5.41. The Morgan fingerprint density at radius 3 is 2.35 bits per heavy atom. The highest BCUT2D eigenvalue weighted by molar-refractivity contribution is 6.03. The molecule has 0 atom stereocenters. The van der Waals surface area contributed by atoms with Gasteiger partial charge in [0.15, 0.2) is 5.82 Å². The van der Waals surface area contributed by atoms with Crippen molar-refractivity contribution in [2.75, 3.05) is 10.6 Å². The Morgan fingerprint density at radius 1 is 1.08 bits per heavy atom. The Bertz CT molecular complexity index is 903. The lowest BCUT2D eigenvalue weighted by atomic mass is 10.1. The van der Waals surface area contributed by atoms with Gasteiger partial charge in [0, 0.05) is 11.6 Å². The van der Waals surface area contributed by atoms with Crippen LogP contribution in [0, 0.1) is 6.92 Å². The molecule has 3 aromatic rings. The van der Waals surface area contributed by atoms with Gasteiger partial charge in [-0.3, -0.25) is 4.79 Å². The molecular formula is C17H13F3N4O2. The van der Waals surface area contributed by atoms with Gasteiger partial charge in [-0.2, -0.15) is 13.2 Å². The fourth-order valence-corrected chi connectivity index (χ4v) is 2.11. The van der Waals surface area contributed by atoms with Gasteiger partial charge >= 0.3 is 6.18 Å². The van der Waals surface area contributed by atoms with Crippen molar-refractivity contribution < 1.29 is 22.5 Å². The number of hydrogen-bond acceptors (Lipinski definition) is 5. The van der Waals surface area contributed by atoms with E-state index >= 15 is 0 Å². The van der Waals surface area contributed by atoms with E-state index in [1.54, 1.807) is 25.1 Å². The van der Waals surface area contributed by atoms with Crippen molar-refractivity contribution in [2.24, 2.45) is 0 Å². The number of amides is 1. The van der Waals surface area contributed by atoms with Crippen LogP contribution in [0.25, 0.3) is 0 Å². The second-order valence-corrected chi connectivity index (χ2v) is 5.41. The molecule has 26 heavy (non-hydrogen) atoms. The highest BCUT2D eigenvalue weighted by Gasteiger charge is 2.30. The third-order valence-electron chi connectivity index (χ3n) is 3.38. The summed E-state index contributed by atoms with van der Waals surface area (Å²) in [4.78, 5) is 16.2. The third kappa shape index (κ3) is 4.18. The van der Waals surface area contributed by atoms with E-state index in [0.29, 0.717) is 17.3 Å². The maximum absolute atomic E-state index is 12.5. The minimum absolute atomic E-state index is 0.0973. The van der Waals surface area contributed by atoms with Crippen LogP contribution in [0.4, 0.5) is 30.5 Å². The number of carbonyl (C=O) groups is 1. The van der Waals surface area contributed by atoms with Gasteiger partial charge in [0.25, 0.3) is 5.91 Å². The zero-order valence-electron chi connectivity index (χ0n) is 13.5. The van der Waals surface area contributed by atoms with Crippen molar-refractivity contribution >= 4 is 23.2 Å². The molecule has 134 valence electrons. The molecule has 0 spiro atoms. The third-order valence-corrected chi connectivity index (χ3v) is 3.38. The van der Waals surface area contributed by atoms with Crippen molar-refractivity contribution in [1.29, 1.82) is 0 Å². The van der Waals surface area contributed by atoms with Gasteiger partial charge in [-0.15, -0.1) is 0 Å². The zero-order valence-corrected chi connectivity index (χ0v) is 13.5. The zero-order chi connectivity index (χ0) is 18.7. The summed E-state index contributed by atoms with van der Waals surface area (Å²) in [5, 5.41) is 9.27.